The first kappa shape index (κ1) is 16.0. The number of furan rings is 1. The van der Waals surface area contributed by atoms with E-state index >= 15 is 0 Å². The van der Waals surface area contributed by atoms with Crippen LogP contribution in [-0.2, 0) is 15.1 Å². The Bertz CT molecular complexity index is 432. The van der Waals surface area contributed by atoms with E-state index < -0.39 is 17.5 Å². The second-order valence-corrected chi connectivity index (χ2v) is 4.34. The fourth-order valence-electron chi connectivity index (χ4n) is 1.58. The van der Waals surface area contributed by atoms with Gasteiger partial charge in [-0.3, -0.25) is 0 Å². The van der Waals surface area contributed by atoms with Crippen LogP contribution in [0.2, 0.25) is 0 Å². The highest BCUT2D eigenvalue weighted by Crippen LogP contribution is 2.21. The highest BCUT2D eigenvalue weighted by Gasteiger charge is 2.39. The molecule has 1 aromatic heterocycles. The van der Waals surface area contributed by atoms with Gasteiger partial charge < -0.3 is 24.9 Å². The number of ether oxygens (including phenoxy) is 1. The van der Waals surface area contributed by atoms with Gasteiger partial charge in [-0.25, -0.2) is 9.59 Å². The van der Waals surface area contributed by atoms with Gasteiger partial charge in [0.1, 0.15) is 5.76 Å². The van der Waals surface area contributed by atoms with Crippen molar-refractivity contribution in [3.8, 4) is 0 Å². The number of rotatable bonds is 8. The molecule has 7 nitrogen and oxygen atoms in total. The summed E-state index contributed by atoms with van der Waals surface area (Å²) in [7, 11) is 0. The van der Waals surface area contributed by atoms with Gasteiger partial charge >= 0.3 is 12.0 Å². The zero-order valence-electron chi connectivity index (χ0n) is 11.6. The fraction of sp³-hybridized carbons (Fsp3) is 0.538. The lowest BCUT2D eigenvalue weighted by Crippen LogP contribution is -2.52. The molecule has 112 valence electrons. The van der Waals surface area contributed by atoms with Crippen molar-refractivity contribution in [2.24, 2.45) is 0 Å². The number of carbonyl (C=O) groups excluding carboxylic acids is 1. The predicted molar refractivity (Wildman–Crippen MR) is 71.3 cm³/mol. The van der Waals surface area contributed by atoms with Crippen LogP contribution in [-0.4, -0.2) is 36.9 Å². The molecule has 0 radical (unpaired) electrons. The van der Waals surface area contributed by atoms with E-state index in [0.29, 0.717) is 26.2 Å². The second-order valence-electron chi connectivity index (χ2n) is 4.34. The monoisotopic (exact) mass is 284 g/mol. The molecule has 0 saturated heterocycles. The molecule has 7 heteroatoms. The molecule has 1 atom stereocenters. The van der Waals surface area contributed by atoms with Gasteiger partial charge in [0.15, 0.2) is 5.54 Å². The van der Waals surface area contributed by atoms with Crippen LogP contribution >= 0.6 is 0 Å². The van der Waals surface area contributed by atoms with Crippen LogP contribution in [0.15, 0.2) is 22.8 Å². The molecule has 1 unspecified atom stereocenters. The van der Waals surface area contributed by atoms with Crippen molar-refractivity contribution in [3.05, 3.63) is 24.2 Å². The SMILES string of the molecule is CCOCCCNC(=O)NC(C)(C(=O)O)c1ccco1. The van der Waals surface area contributed by atoms with Crippen LogP contribution in [0.4, 0.5) is 4.79 Å². The Morgan fingerprint density at radius 2 is 2.25 bits per heavy atom. The molecular formula is C13H20N2O5. The topological polar surface area (TPSA) is 101 Å². The van der Waals surface area contributed by atoms with Gasteiger partial charge in [-0.05, 0) is 32.4 Å². The van der Waals surface area contributed by atoms with E-state index in [1.54, 1.807) is 6.07 Å². The molecule has 0 aliphatic carbocycles. The second kappa shape index (κ2) is 7.54. The maximum absolute atomic E-state index is 11.7. The average molecular weight is 284 g/mol. The number of amides is 2. The number of carboxylic acid groups (broad SMARTS) is 1. The van der Waals surface area contributed by atoms with Crippen molar-refractivity contribution in [1.82, 2.24) is 10.6 Å². The highest BCUT2D eigenvalue weighted by molar-refractivity contribution is 5.86. The van der Waals surface area contributed by atoms with Crippen LogP contribution in [0, 0.1) is 0 Å². The normalized spacial score (nSPS) is 13.5. The van der Waals surface area contributed by atoms with Gasteiger partial charge in [-0.1, -0.05) is 0 Å². The number of hydrogen-bond acceptors (Lipinski definition) is 4. The summed E-state index contributed by atoms with van der Waals surface area (Å²) in [6.45, 7) is 4.84. The molecule has 2 amide bonds. The molecule has 0 bridgehead atoms. The smallest absolute Gasteiger partial charge is 0.337 e. The van der Waals surface area contributed by atoms with Gasteiger partial charge in [0, 0.05) is 19.8 Å². The van der Waals surface area contributed by atoms with Gasteiger partial charge in [-0.2, -0.15) is 0 Å². The van der Waals surface area contributed by atoms with E-state index in [1.807, 2.05) is 6.92 Å². The Hall–Kier alpha value is -2.02. The molecule has 0 aliphatic rings. The third-order valence-corrected chi connectivity index (χ3v) is 2.76. The lowest BCUT2D eigenvalue weighted by molar-refractivity contribution is -0.144. The fourth-order valence-corrected chi connectivity index (χ4v) is 1.58. The molecule has 1 rings (SSSR count). The highest BCUT2D eigenvalue weighted by atomic mass is 16.5. The van der Waals surface area contributed by atoms with Crippen molar-refractivity contribution >= 4 is 12.0 Å². The number of urea groups is 1. The molecular weight excluding hydrogens is 264 g/mol. The Labute approximate surface area is 117 Å². The van der Waals surface area contributed by atoms with Crippen molar-refractivity contribution in [3.63, 3.8) is 0 Å². The van der Waals surface area contributed by atoms with Crippen molar-refractivity contribution in [1.29, 1.82) is 0 Å². The largest absolute Gasteiger partial charge is 0.479 e. The molecule has 1 aromatic rings. The number of aliphatic carboxylic acids is 1. The molecule has 3 N–H and O–H groups in total. The van der Waals surface area contributed by atoms with Gasteiger partial charge in [0.25, 0.3) is 0 Å². The van der Waals surface area contributed by atoms with Crippen LogP contribution < -0.4 is 10.6 Å². The summed E-state index contributed by atoms with van der Waals surface area (Å²) in [6.07, 6.45) is 2.02. The summed E-state index contributed by atoms with van der Waals surface area (Å²) in [6, 6.07) is 2.50. The number of hydrogen-bond donors (Lipinski definition) is 3. The molecule has 0 saturated carbocycles. The zero-order valence-corrected chi connectivity index (χ0v) is 11.6. The van der Waals surface area contributed by atoms with Crippen molar-refractivity contribution < 1.29 is 23.8 Å². The standard InChI is InChI=1S/C13H20N2O5/c1-3-19-8-5-7-14-12(18)15-13(2,11(16)17)10-6-4-9-20-10/h4,6,9H,3,5,7-8H2,1-2H3,(H,16,17)(H2,14,15,18). The van der Waals surface area contributed by atoms with Gasteiger partial charge in [0.2, 0.25) is 0 Å². The third kappa shape index (κ3) is 4.27. The average Bonchev–Trinajstić information content (AvgIpc) is 2.92. The Kier molecular flexibility index (Phi) is 6.05. The van der Waals surface area contributed by atoms with Gasteiger partial charge in [0.05, 0.1) is 6.26 Å². The lowest BCUT2D eigenvalue weighted by atomic mass is 9.99. The van der Waals surface area contributed by atoms with Crippen molar-refractivity contribution in [2.45, 2.75) is 25.8 Å². The summed E-state index contributed by atoms with van der Waals surface area (Å²) in [5.41, 5.74) is -1.60. The van der Waals surface area contributed by atoms with Crippen LogP contribution in [0.25, 0.3) is 0 Å². The Morgan fingerprint density at radius 1 is 1.50 bits per heavy atom. The summed E-state index contributed by atoms with van der Waals surface area (Å²) in [4.78, 5) is 23.1. The minimum Gasteiger partial charge on any atom is -0.479 e. The Balaban J connectivity index is 2.51. The third-order valence-electron chi connectivity index (χ3n) is 2.76. The number of nitrogens with one attached hydrogen (secondary N) is 2. The predicted octanol–water partition coefficient (Wildman–Crippen LogP) is 1.31. The molecule has 0 spiro atoms. The van der Waals surface area contributed by atoms with Crippen LogP contribution in [0.5, 0.6) is 0 Å². The number of carbonyl (C=O) groups is 2. The molecule has 20 heavy (non-hydrogen) atoms. The quantitative estimate of drug-likeness (QED) is 0.625. The van der Waals surface area contributed by atoms with E-state index in [2.05, 4.69) is 10.6 Å². The summed E-state index contributed by atoms with van der Waals surface area (Å²) in [5.74, 6) is -1.04. The van der Waals surface area contributed by atoms with E-state index in [4.69, 9.17) is 9.15 Å². The maximum atomic E-state index is 11.7. The summed E-state index contributed by atoms with van der Waals surface area (Å²) < 4.78 is 10.2. The first-order valence-corrected chi connectivity index (χ1v) is 6.42. The molecule has 0 fully saturated rings. The molecule has 1 heterocycles. The van der Waals surface area contributed by atoms with Crippen molar-refractivity contribution in [2.75, 3.05) is 19.8 Å². The first-order chi connectivity index (χ1) is 9.50. The Morgan fingerprint density at radius 3 is 2.80 bits per heavy atom. The van der Waals surface area contributed by atoms with E-state index in [1.165, 1.54) is 19.3 Å². The molecule has 0 aliphatic heterocycles. The minimum atomic E-state index is -1.60. The lowest BCUT2D eigenvalue weighted by Gasteiger charge is -2.24. The van der Waals surface area contributed by atoms with E-state index in [-0.39, 0.29) is 5.76 Å². The van der Waals surface area contributed by atoms with Gasteiger partial charge in [-0.15, -0.1) is 0 Å². The summed E-state index contributed by atoms with van der Waals surface area (Å²) >= 11 is 0. The van der Waals surface area contributed by atoms with E-state index in [9.17, 15) is 14.7 Å². The zero-order chi connectivity index (χ0) is 15.0. The molecule has 0 aromatic carbocycles. The van der Waals surface area contributed by atoms with Crippen LogP contribution in [0.1, 0.15) is 26.0 Å². The van der Waals surface area contributed by atoms with E-state index in [0.717, 1.165) is 0 Å². The first-order valence-electron chi connectivity index (χ1n) is 6.42. The number of carboxylic acids is 1. The maximum Gasteiger partial charge on any atom is 0.337 e. The summed E-state index contributed by atoms with van der Waals surface area (Å²) in [5, 5.41) is 14.3. The minimum absolute atomic E-state index is 0.162. The van der Waals surface area contributed by atoms with Crippen LogP contribution in [0.3, 0.4) is 0 Å².